The van der Waals surface area contributed by atoms with Gasteiger partial charge in [-0.3, -0.25) is 0 Å². The Morgan fingerprint density at radius 3 is 2.65 bits per heavy atom. The number of hydrogen-bond donors (Lipinski definition) is 1. The Morgan fingerprint density at radius 2 is 2.06 bits per heavy atom. The SMILES string of the molecule is CC(C)(C)c1noc(COC2CCNCC2)n1. The number of ether oxygens (including phenoxy) is 1. The Balaban J connectivity index is 1.84. The molecule has 5 nitrogen and oxygen atoms in total. The summed E-state index contributed by atoms with van der Waals surface area (Å²) in [4.78, 5) is 4.35. The van der Waals surface area contributed by atoms with Gasteiger partial charge in [0, 0.05) is 5.41 Å². The average molecular weight is 239 g/mol. The minimum Gasteiger partial charge on any atom is -0.368 e. The molecule has 0 spiro atoms. The Kier molecular flexibility index (Phi) is 3.79. The lowest BCUT2D eigenvalue weighted by molar-refractivity contribution is 0.00859. The lowest BCUT2D eigenvalue weighted by Gasteiger charge is -2.22. The van der Waals surface area contributed by atoms with Crippen LogP contribution in [-0.2, 0) is 16.8 Å². The highest BCUT2D eigenvalue weighted by atomic mass is 16.5. The van der Waals surface area contributed by atoms with Crippen LogP contribution in [0.15, 0.2) is 4.52 Å². The Morgan fingerprint density at radius 1 is 1.35 bits per heavy atom. The zero-order valence-electron chi connectivity index (χ0n) is 10.8. The Hall–Kier alpha value is -0.940. The maximum absolute atomic E-state index is 5.76. The molecule has 1 aliphatic rings. The molecule has 1 aliphatic heterocycles. The summed E-state index contributed by atoms with van der Waals surface area (Å²) in [6.07, 6.45) is 2.43. The van der Waals surface area contributed by atoms with Crippen molar-refractivity contribution >= 4 is 0 Å². The van der Waals surface area contributed by atoms with Gasteiger partial charge in [-0.25, -0.2) is 0 Å². The van der Waals surface area contributed by atoms with Crippen LogP contribution in [0, 0.1) is 0 Å². The molecule has 5 heteroatoms. The first-order valence-electron chi connectivity index (χ1n) is 6.21. The quantitative estimate of drug-likeness (QED) is 0.868. The van der Waals surface area contributed by atoms with Gasteiger partial charge in [0.05, 0.1) is 6.10 Å². The molecule has 0 amide bonds. The van der Waals surface area contributed by atoms with Crippen LogP contribution >= 0.6 is 0 Å². The normalized spacial score (nSPS) is 18.5. The molecule has 1 aromatic heterocycles. The van der Waals surface area contributed by atoms with Crippen LogP contribution in [0.5, 0.6) is 0 Å². The third-order valence-electron chi connectivity index (χ3n) is 2.87. The molecule has 1 saturated heterocycles. The van der Waals surface area contributed by atoms with Gasteiger partial charge in [-0.1, -0.05) is 25.9 Å². The number of piperidine rings is 1. The second kappa shape index (κ2) is 5.14. The maximum atomic E-state index is 5.76. The summed E-state index contributed by atoms with van der Waals surface area (Å²) in [6.45, 7) is 8.68. The van der Waals surface area contributed by atoms with E-state index in [0.717, 1.165) is 31.8 Å². The van der Waals surface area contributed by atoms with E-state index in [2.05, 4.69) is 36.2 Å². The van der Waals surface area contributed by atoms with Crippen molar-refractivity contribution in [2.45, 2.75) is 51.7 Å². The van der Waals surface area contributed by atoms with E-state index < -0.39 is 0 Å². The predicted octanol–water partition coefficient (Wildman–Crippen LogP) is 1.64. The van der Waals surface area contributed by atoms with Gasteiger partial charge in [0.1, 0.15) is 6.61 Å². The van der Waals surface area contributed by atoms with Crippen LogP contribution in [0.25, 0.3) is 0 Å². The highest BCUT2D eigenvalue weighted by Crippen LogP contribution is 2.19. The molecule has 96 valence electrons. The van der Waals surface area contributed by atoms with E-state index in [9.17, 15) is 0 Å². The molecular formula is C12H21N3O2. The van der Waals surface area contributed by atoms with Crippen LogP contribution in [-0.4, -0.2) is 29.3 Å². The first-order valence-corrected chi connectivity index (χ1v) is 6.21. The molecular weight excluding hydrogens is 218 g/mol. The molecule has 0 aromatic carbocycles. The highest BCUT2D eigenvalue weighted by Gasteiger charge is 2.21. The molecule has 17 heavy (non-hydrogen) atoms. The first-order chi connectivity index (χ1) is 8.05. The number of nitrogens with zero attached hydrogens (tertiary/aromatic N) is 2. The van der Waals surface area contributed by atoms with E-state index in [0.29, 0.717) is 18.6 Å². The van der Waals surface area contributed by atoms with E-state index >= 15 is 0 Å². The molecule has 1 N–H and O–H groups in total. The predicted molar refractivity (Wildman–Crippen MR) is 63.7 cm³/mol. The molecule has 0 saturated carbocycles. The van der Waals surface area contributed by atoms with Crippen molar-refractivity contribution in [2.75, 3.05) is 13.1 Å². The number of rotatable bonds is 3. The van der Waals surface area contributed by atoms with Gasteiger partial charge >= 0.3 is 0 Å². The van der Waals surface area contributed by atoms with Crippen LogP contribution < -0.4 is 5.32 Å². The van der Waals surface area contributed by atoms with E-state index in [4.69, 9.17) is 9.26 Å². The smallest absolute Gasteiger partial charge is 0.252 e. The Labute approximate surface area is 102 Å². The van der Waals surface area contributed by atoms with Crippen molar-refractivity contribution < 1.29 is 9.26 Å². The zero-order valence-corrected chi connectivity index (χ0v) is 10.8. The van der Waals surface area contributed by atoms with Crippen molar-refractivity contribution in [3.05, 3.63) is 11.7 Å². The molecule has 0 unspecified atom stereocenters. The molecule has 2 heterocycles. The second-order valence-electron chi connectivity index (χ2n) is 5.52. The van der Waals surface area contributed by atoms with Gasteiger partial charge in [0.15, 0.2) is 5.82 Å². The summed E-state index contributed by atoms with van der Waals surface area (Å²) < 4.78 is 10.9. The van der Waals surface area contributed by atoms with Crippen LogP contribution in [0.1, 0.15) is 45.3 Å². The van der Waals surface area contributed by atoms with E-state index in [1.165, 1.54) is 0 Å². The number of hydrogen-bond acceptors (Lipinski definition) is 5. The Bertz CT molecular complexity index is 351. The fraction of sp³-hybridized carbons (Fsp3) is 0.833. The van der Waals surface area contributed by atoms with Gasteiger partial charge in [0.25, 0.3) is 5.89 Å². The highest BCUT2D eigenvalue weighted by molar-refractivity contribution is 4.99. The summed E-state index contributed by atoms with van der Waals surface area (Å²) in [6, 6.07) is 0. The molecule has 0 aliphatic carbocycles. The lowest BCUT2D eigenvalue weighted by atomic mass is 9.96. The molecule has 0 bridgehead atoms. The third-order valence-corrected chi connectivity index (χ3v) is 2.87. The zero-order chi connectivity index (χ0) is 12.3. The fourth-order valence-corrected chi connectivity index (χ4v) is 1.77. The second-order valence-corrected chi connectivity index (χ2v) is 5.52. The van der Waals surface area contributed by atoms with Crippen molar-refractivity contribution in [1.82, 2.24) is 15.5 Å². The molecule has 2 rings (SSSR count). The summed E-state index contributed by atoms with van der Waals surface area (Å²) in [7, 11) is 0. The lowest BCUT2D eigenvalue weighted by Crippen LogP contribution is -2.32. The van der Waals surface area contributed by atoms with E-state index in [1.807, 2.05) is 0 Å². The summed E-state index contributed by atoms with van der Waals surface area (Å²) in [5.41, 5.74) is -0.0729. The van der Waals surface area contributed by atoms with Gasteiger partial charge < -0.3 is 14.6 Å². The van der Waals surface area contributed by atoms with Gasteiger partial charge in [-0.05, 0) is 25.9 Å². The first kappa shape index (κ1) is 12.5. The summed E-state index contributed by atoms with van der Waals surface area (Å²) in [5, 5.41) is 7.28. The molecule has 0 radical (unpaired) electrons. The third kappa shape index (κ3) is 3.51. The van der Waals surface area contributed by atoms with Crippen molar-refractivity contribution in [2.24, 2.45) is 0 Å². The molecule has 0 atom stereocenters. The minimum absolute atomic E-state index is 0.0729. The summed E-state index contributed by atoms with van der Waals surface area (Å²) in [5.74, 6) is 1.31. The van der Waals surface area contributed by atoms with Crippen molar-refractivity contribution in [3.8, 4) is 0 Å². The van der Waals surface area contributed by atoms with Crippen molar-refractivity contribution in [3.63, 3.8) is 0 Å². The number of nitrogens with one attached hydrogen (secondary N) is 1. The summed E-state index contributed by atoms with van der Waals surface area (Å²) >= 11 is 0. The van der Waals surface area contributed by atoms with E-state index in [-0.39, 0.29) is 5.41 Å². The fourth-order valence-electron chi connectivity index (χ4n) is 1.77. The van der Waals surface area contributed by atoms with Gasteiger partial charge in [-0.15, -0.1) is 0 Å². The van der Waals surface area contributed by atoms with Crippen molar-refractivity contribution in [1.29, 1.82) is 0 Å². The van der Waals surface area contributed by atoms with E-state index in [1.54, 1.807) is 0 Å². The number of aromatic nitrogens is 2. The van der Waals surface area contributed by atoms with Gasteiger partial charge in [0.2, 0.25) is 0 Å². The monoisotopic (exact) mass is 239 g/mol. The van der Waals surface area contributed by atoms with Crippen LogP contribution in [0.2, 0.25) is 0 Å². The maximum Gasteiger partial charge on any atom is 0.252 e. The minimum atomic E-state index is -0.0729. The van der Waals surface area contributed by atoms with Crippen LogP contribution in [0.4, 0.5) is 0 Å². The largest absolute Gasteiger partial charge is 0.368 e. The van der Waals surface area contributed by atoms with Crippen LogP contribution in [0.3, 0.4) is 0 Å². The molecule has 1 aromatic rings. The standard InChI is InChI=1S/C12H21N3O2/c1-12(2,3)11-14-10(17-15-11)8-16-9-4-6-13-7-5-9/h9,13H,4-8H2,1-3H3. The molecule has 1 fully saturated rings. The topological polar surface area (TPSA) is 60.2 Å². The average Bonchev–Trinajstić information content (AvgIpc) is 2.76. The van der Waals surface area contributed by atoms with Gasteiger partial charge in [-0.2, -0.15) is 4.98 Å².